The number of esters is 1. The molecule has 0 saturated carbocycles. The summed E-state index contributed by atoms with van der Waals surface area (Å²) >= 11 is 0. The van der Waals surface area contributed by atoms with Crippen molar-refractivity contribution in [3.05, 3.63) is 88.7 Å². The van der Waals surface area contributed by atoms with E-state index in [-0.39, 0.29) is 31.2 Å². The topological polar surface area (TPSA) is 86.3 Å². The van der Waals surface area contributed by atoms with Gasteiger partial charge >= 0.3 is 12.1 Å². The smallest absolute Gasteiger partial charge is 0.408 e. The van der Waals surface area contributed by atoms with Crippen LogP contribution in [0.5, 0.6) is 5.75 Å². The molecule has 9 heteroatoms. The van der Waals surface area contributed by atoms with Crippen LogP contribution in [-0.4, -0.2) is 53.5 Å². The average molecular weight is 663 g/mol. The molecular formula is C39H51FN2O6. The normalized spacial score (nSPS) is 17.8. The molecule has 8 nitrogen and oxygen atoms in total. The van der Waals surface area contributed by atoms with Crippen LogP contribution in [-0.2, 0) is 38.6 Å². The summed E-state index contributed by atoms with van der Waals surface area (Å²) in [5.41, 5.74) is 2.81. The lowest BCUT2D eigenvalue weighted by Gasteiger charge is -2.35. The monoisotopic (exact) mass is 662 g/mol. The second-order valence-electron chi connectivity index (χ2n) is 14.7. The largest absolute Gasteiger partial charge is 0.489 e. The van der Waals surface area contributed by atoms with Crippen molar-refractivity contribution < 1.29 is 32.9 Å². The molecule has 0 aromatic heterocycles. The van der Waals surface area contributed by atoms with Gasteiger partial charge in [0.2, 0.25) is 0 Å². The fourth-order valence-corrected chi connectivity index (χ4v) is 5.92. The molecule has 1 aliphatic heterocycles. The van der Waals surface area contributed by atoms with Gasteiger partial charge in [-0.25, -0.2) is 9.18 Å². The Morgan fingerprint density at radius 1 is 0.917 bits per heavy atom. The van der Waals surface area contributed by atoms with Crippen molar-refractivity contribution in [2.45, 2.75) is 111 Å². The number of ether oxygens (including phenoxy) is 4. The van der Waals surface area contributed by atoms with Gasteiger partial charge in [0.25, 0.3) is 0 Å². The average Bonchev–Trinajstić information content (AvgIpc) is 2.94. The van der Waals surface area contributed by atoms with Crippen LogP contribution in [0.4, 0.5) is 9.18 Å². The lowest BCUT2D eigenvalue weighted by atomic mass is 9.95. The molecule has 3 atom stereocenters. The molecule has 3 aromatic carbocycles. The van der Waals surface area contributed by atoms with Crippen LogP contribution < -0.4 is 10.1 Å². The summed E-state index contributed by atoms with van der Waals surface area (Å²) in [5.74, 6) is -0.162. The number of hydrogen-bond acceptors (Lipinski definition) is 7. The number of hydrogen-bond donors (Lipinski definition) is 1. The third-order valence-electron chi connectivity index (χ3n) is 7.62. The number of halogens is 1. The summed E-state index contributed by atoms with van der Waals surface area (Å²) in [5, 5.41) is 2.75. The molecule has 0 aliphatic carbocycles. The zero-order chi connectivity index (χ0) is 35.2. The molecule has 1 heterocycles. The van der Waals surface area contributed by atoms with Crippen molar-refractivity contribution in [1.82, 2.24) is 10.2 Å². The number of benzene rings is 3. The molecule has 0 radical (unpaired) electrons. The number of nitrogens with one attached hydrogen (secondary N) is 1. The lowest BCUT2D eigenvalue weighted by molar-refractivity contribution is -0.153. The predicted molar refractivity (Wildman–Crippen MR) is 185 cm³/mol. The van der Waals surface area contributed by atoms with Crippen molar-refractivity contribution in [2.75, 3.05) is 13.1 Å². The van der Waals surface area contributed by atoms with Crippen LogP contribution in [0.25, 0.3) is 11.1 Å². The van der Waals surface area contributed by atoms with Crippen LogP contribution in [0.2, 0.25) is 0 Å². The standard InChI is InChI=1S/C39H51FN2O6/c1-25-21-42(22-26(2)46-25)23-28-17-29(24-45-34-16-11-10-13-30(34)20-35(43)47-38(4,5)6)19-31(18-28)33-15-12-14-32(36(33)40)27(3)41-37(44)48-39(7,8)9/h10-19,25-27H,20-24H2,1-9H3,(H,41,44)/t25-,26+,27-/m1/s1. The van der Waals surface area contributed by atoms with Crippen molar-refractivity contribution in [1.29, 1.82) is 0 Å². The number of amides is 1. The second kappa shape index (κ2) is 15.5. The van der Waals surface area contributed by atoms with Gasteiger partial charge in [-0.15, -0.1) is 0 Å². The highest BCUT2D eigenvalue weighted by Crippen LogP contribution is 2.31. The van der Waals surface area contributed by atoms with Crippen LogP contribution in [0.3, 0.4) is 0 Å². The number of morpholine rings is 1. The summed E-state index contributed by atoms with van der Waals surface area (Å²) in [6, 6.07) is 18.0. The van der Waals surface area contributed by atoms with Crippen LogP contribution in [0, 0.1) is 5.82 Å². The highest BCUT2D eigenvalue weighted by atomic mass is 19.1. The molecule has 0 spiro atoms. The molecule has 1 fully saturated rings. The third kappa shape index (κ3) is 11.1. The van der Waals surface area contributed by atoms with Gasteiger partial charge in [0.05, 0.1) is 24.7 Å². The maximum Gasteiger partial charge on any atom is 0.408 e. The molecule has 48 heavy (non-hydrogen) atoms. The predicted octanol–water partition coefficient (Wildman–Crippen LogP) is 8.15. The van der Waals surface area contributed by atoms with Gasteiger partial charge in [-0.05, 0) is 97.2 Å². The maximum absolute atomic E-state index is 16.3. The van der Waals surface area contributed by atoms with E-state index in [1.165, 1.54) is 0 Å². The number of carbonyl (C=O) groups excluding carboxylic acids is 2. The molecule has 1 amide bonds. The van der Waals surface area contributed by atoms with Gasteiger partial charge in [0.1, 0.15) is 29.4 Å². The fourth-order valence-electron chi connectivity index (χ4n) is 5.92. The molecule has 1 saturated heterocycles. The van der Waals surface area contributed by atoms with E-state index in [0.29, 0.717) is 29.0 Å². The molecule has 0 bridgehead atoms. The highest BCUT2D eigenvalue weighted by molar-refractivity contribution is 5.74. The number of alkyl carbamates (subject to hydrolysis) is 1. The van der Waals surface area contributed by atoms with E-state index in [0.717, 1.165) is 29.8 Å². The van der Waals surface area contributed by atoms with Crippen LogP contribution in [0.15, 0.2) is 60.7 Å². The minimum absolute atomic E-state index is 0.0830. The van der Waals surface area contributed by atoms with Crippen molar-refractivity contribution >= 4 is 12.1 Å². The first-order valence-electron chi connectivity index (χ1n) is 16.7. The number of carbonyl (C=O) groups is 2. The Hall–Kier alpha value is -3.95. The van der Waals surface area contributed by atoms with E-state index >= 15 is 4.39 Å². The van der Waals surface area contributed by atoms with Gasteiger partial charge < -0.3 is 24.3 Å². The number of para-hydroxylation sites is 1. The van der Waals surface area contributed by atoms with E-state index in [1.54, 1.807) is 45.9 Å². The van der Waals surface area contributed by atoms with Crippen LogP contribution in [0.1, 0.15) is 90.6 Å². The SMILES string of the molecule is C[C@@H]1CN(Cc2cc(COc3ccccc3CC(=O)OC(C)(C)C)cc(-c3cccc([C@@H](C)NC(=O)OC(C)(C)C)c3F)c2)C[C@H](C)O1. The Kier molecular flexibility index (Phi) is 11.9. The van der Waals surface area contributed by atoms with Crippen LogP contribution >= 0.6 is 0 Å². The molecule has 1 aliphatic rings. The Bertz CT molecular complexity index is 1570. The molecular weight excluding hydrogens is 611 g/mol. The zero-order valence-corrected chi connectivity index (χ0v) is 29.8. The van der Waals surface area contributed by atoms with Crippen molar-refractivity contribution in [2.24, 2.45) is 0 Å². The summed E-state index contributed by atoms with van der Waals surface area (Å²) in [7, 11) is 0. The van der Waals surface area contributed by atoms with E-state index < -0.39 is 29.2 Å². The first-order chi connectivity index (χ1) is 22.5. The Morgan fingerprint density at radius 3 is 2.23 bits per heavy atom. The van der Waals surface area contributed by atoms with E-state index in [9.17, 15) is 9.59 Å². The van der Waals surface area contributed by atoms with E-state index in [4.69, 9.17) is 18.9 Å². The van der Waals surface area contributed by atoms with Crippen molar-refractivity contribution in [3.63, 3.8) is 0 Å². The first-order valence-corrected chi connectivity index (χ1v) is 16.7. The second-order valence-corrected chi connectivity index (χ2v) is 14.7. The summed E-state index contributed by atoms with van der Waals surface area (Å²) in [4.78, 5) is 27.4. The van der Waals surface area contributed by atoms with Gasteiger partial charge in [-0.2, -0.15) is 0 Å². The Morgan fingerprint density at radius 2 is 1.56 bits per heavy atom. The Balaban J connectivity index is 1.64. The minimum atomic E-state index is -0.671. The molecule has 0 unspecified atom stereocenters. The van der Waals surface area contributed by atoms with Gasteiger partial charge in [0, 0.05) is 36.3 Å². The maximum atomic E-state index is 16.3. The van der Waals surface area contributed by atoms with E-state index in [2.05, 4.69) is 30.1 Å². The van der Waals surface area contributed by atoms with E-state index in [1.807, 2.05) is 57.2 Å². The molecule has 1 N–H and O–H groups in total. The number of nitrogens with zero attached hydrogens (tertiary/aromatic N) is 1. The quantitative estimate of drug-likeness (QED) is 0.219. The van der Waals surface area contributed by atoms with Gasteiger partial charge in [-0.3, -0.25) is 9.69 Å². The molecule has 4 rings (SSSR count). The fraction of sp³-hybridized carbons (Fsp3) is 0.487. The van der Waals surface area contributed by atoms with Gasteiger partial charge in [0.15, 0.2) is 0 Å². The lowest BCUT2D eigenvalue weighted by Crippen LogP contribution is -2.44. The summed E-state index contributed by atoms with van der Waals surface area (Å²) in [6.45, 7) is 19.2. The van der Waals surface area contributed by atoms with Gasteiger partial charge in [-0.1, -0.05) is 42.5 Å². The first kappa shape index (κ1) is 36.9. The summed E-state index contributed by atoms with van der Waals surface area (Å²) < 4.78 is 39.4. The minimum Gasteiger partial charge on any atom is -0.489 e. The number of rotatable bonds is 10. The Labute approximate surface area is 284 Å². The zero-order valence-electron chi connectivity index (χ0n) is 29.8. The summed E-state index contributed by atoms with van der Waals surface area (Å²) in [6.07, 6.45) is -0.314. The highest BCUT2D eigenvalue weighted by Gasteiger charge is 2.24. The third-order valence-corrected chi connectivity index (χ3v) is 7.62. The molecule has 260 valence electrons. The molecule has 3 aromatic rings. The van der Waals surface area contributed by atoms with Crippen molar-refractivity contribution in [3.8, 4) is 16.9 Å².